The van der Waals surface area contributed by atoms with Crippen LogP contribution >= 0.6 is 11.6 Å². The zero-order chi connectivity index (χ0) is 14.6. The first-order valence-corrected chi connectivity index (χ1v) is 5.33. The zero-order valence-electron chi connectivity index (χ0n) is 9.26. The van der Waals surface area contributed by atoms with Crippen molar-refractivity contribution >= 4 is 23.3 Å². The van der Waals surface area contributed by atoms with Gasteiger partial charge in [-0.15, -0.1) is 0 Å². The van der Waals surface area contributed by atoms with Crippen molar-refractivity contribution in [1.29, 1.82) is 0 Å². The Balaban J connectivity index is 2.57. The molecule has 9 heteroatoms. The second kappa shape index (κ2) is 6.07. The predicted octanol–water partition coefficient (Wildman–Crippen LogP) is 2.66. The van der Waals surface area contributed by atoms with Crippen LogP contribution < -0.4 is 10.9 Å². The molecule has 0 aromatic heterocycles. The molecule has 106 valence electrons. The van der Waals surface area contributed by atoms with Crippen LogP contribution in [0.5, 0.6) is 0 Å². The number of benzene rings is 1. The minimum atomic E-state index is -4.86. The van der Waals surface area contributed by atoms with Crippen LogP contribution in [0.3, 0.4) is 0 Å². The number of nitrogens with one attached hydrogen (secondary N) is 2. The highest BCUT2D eigenvalue weighted by molar-refractivity contribution is 6.31. The average molecular weight is 301 g/mol. The summed E-state index contributed by atoms with van der Waals surface area (Å²) >= 11 is 5.46. The molecular formula is C10H9ClF4N2O2. The van der Waals surface area contributed by atoms with Crippen molar-refractivity contribution in [2.45, 2.75) is 6.18 Å². The van der Waals surface area contributed by atoms with Crippen LogP contribution in [0.2, 0.25) is 5.02 Å². The Labute approximate surface area is 110 Å². The van der Waals surface area contributed by atoms with Gasteiger partial charge < -0.3 is 10.5 Å². The molecular weight excluding hydrogens is 292 g/mol. The first-order valence-electron chi connectivity index (χ1n) is 4.95. The van der Waals surface area contributed by atoms with E-state index >= 15 is 0 Å². The summed E-state index contributed by atoms with van der Waals surface area (Å²) in [4.78, 5) is 10.4. The van der Waals surface area contributed by atoms with Crippen LogP contribution in [0.15, 0.2) is 18.2 Å². The number of halogens is 5. The number of aliphatic carboxylic acids is 1. The van der Waals surface area contributed by atoms with E-state index in [9.17, 15) is 22.4 Å². The monoisotopic (exact) mass is 300 g/mol. The van der Waals surface area contributed by atoms with Gasteiger partial charge in [0.05, 0.1) is 10.7 Å². The van der Waals surface area contributed by atoms with Crippen molar-refractivity contribution in [1.82, 2.24) is 5.43 Å². The van der Waals surface area contributed by atoms with Crippen LogP contribution in [0.4, 0.5) is 23.2 Å². The number of alkyl halides is 3. The molecule has 0 amide bonds. The Morgan fingerprint density at radius 3 is 2.53 bits per heavy atom. The predicted molar refractivity (Wildman–Crippen MR) is 60.2 cm³/mol. The molecule has 0 radical (unpaired) electrons. The van der Waals surface area contributed by atoms with Crippen LogP contribution in [-0.2, 0) is 4.79 Å². The van der Waals surface area contributed by atoms with Crippen molar-refractivity contribution in [2.75, 3.05) is 12.0 Å². The number of rotatable bonds is 5. The standard InChI is InChI=1S/C10H9ClF4N2O2/c11-7-3-5(1-2-8(7)12)17-16-4-6(9(18)19)10(13,14)15/h1-3,6,16-17H,4H2,(H,18,19). The van der Waals surface area contributed by atoms with Gasteiger partial charge in [0.2, 0.25) is 0 Å². The smallest absolute Gasteiger partial charge is 0.403 e. The quantitative estimate of drug-likeness (QED) is 0.578. The van der Waals surface area contributed by atoms with Gasteiger partial charge >= 0.3 is 12.1 Å². The second-order valence-corrected chi connectivity index (χ2v) is 3.97. The zero-order valence-corrected chi connectivity index (χ0v) is 10.0. The lowest BCUT2D eigenvalue weighted by Gasteiger charge is -2.17. The third-order valence-electron chi connectivity index (χ3n) is 2.15. The van der Waals surface area contributed by atoms with E-state index in [0.717, 1.165) is 12.1 Å². The molecule has 0 bridgehead atoms. The molecule has 0 saturated heterocycles. The van der Waals surface area contributed by atoms with Crippen LogP contribution in [0, 0.1) is 11.7 Å². The molecule has 1 atom stereocenters. The molecule has 0 aliphatic heterocycles. The van der Waals surface area contributed by atoms with E-state index in [1.54, 1.807) is 0 Å². The summed E-state index contributed by atoms with van der Waals surface area (Å²) in [7, 11) is 0. The Kier molecular flexibility index (Phi) is 4.96. The SMILES string of the molecule is O=C(O)C(CNNc1ccc(F)c(Cl)c1)C(F)(F)F. The number of carboxylic acid groups (broad SMARTS) is 1. The molecule has 1 aromatic rings. The van der Waals surface area contributed by atoms with E-state index in [2.05, 4.69) is 10.9 Å². The first kappa shape index (κ1) is 15.5. The average Bonchev–Trinajstić information content (AvgIpc) is 2.26. The number of carboxylic acids is 1. The van der Waals surface area contributed by atoms with Gasteiger partial charge in [-0.25, -0.2) is 9.82 Å². The highest BCUT2D eigenvalue weighted by Gasteiger charge is 2.44. The van der Waals surface area contributed by atoms with Crippen molar-refractivity contribution in [3.05, 3.63) is 29.0 Å². The number of carbonyl (C=O) groups is 1. The topological polar surface area (TPSA) is 61.4 Å². The molecule has 1 unspecified atom stereocenters. The summed E-state index contributed by atoms with van der Waals surface area (Å²) in [5, 5.41) is 8.22. The maximum absolute atomic E-state index is 12.8. The number of hydrogen-bond donors (Lipinski definition) is 3. The molecule has 1 rings (SSSR count). The van der Waals surface area contributed by atoms with Gasteiger partial charge in [0, 0.05) is 6.54 Å². The van der Waals surface area contributed by atoms with E-state index in [0.29, 0.717) is 0 Å². The minimum Gasteiger partial charge on any atom is -0.481 e. The molecule has 4 nitrogen and oxygen atoms in total. The molecule has 1 aromatic carbocycles. The Morgan fingerprint density at radius 2 is 2.05 bits per heavy atom. The summed E-state index contributed by atoms with van der Waals surface area (Å²) in [6.45, 7) is -0.881. The summed E-state index contributed by atoms with van der Waals surface area (Å²) in [5.74, 6) is -5.21. The second-order valence-electron chi connectivity index (χ2n) is 3.57. The van der Waals surface area contributed by atoms with Gasteiger partial charge in [0.15, 0.2) is 5.92 Å². The van der Waals surface area contributed by atoms with E-state index in [1.807, 2.05) is 0 Å². The lowest BCUT2D eigenvalue weighted by Crippen LogP contribution is -2.40. The fourth-order valence-electron chi connectivity index (χ4n) is 1.17. The van der Waals surface area contributed by atoms with Crippen LogP contribution in [0.1, 0.15) is 0 Å². The number of hydrazine groups is 1. The molecule has 0 spiro atoms. The molecule has 0 saturated carbocycles. The summed E-state index contributed by atoms with van der Waals surface area (Å²) in [6.07, 6.45) is -4.86. The highest BCUT2D eigenvalue weighted by atomic mass is 35.5. The Morgan fingerprint density at radius 1 is 1.42 bits per heavy atom. The fourth-order valence-corrected chi connectivity index (χ4v) is 1.35. The lowest BCUT2D eigenvalue weighted by molar-refractivity contribution is -0.192. The van der Waals surface area contributed by atoms with Crippen LogP contribution in [0.25, 0.3) is 0 Å². The lowest BCUT2D eigenvalue weighted by atomic mass is 10.1. The van der Waals surface area contributed by atoms with Gasteiger partial charge in [-0.2, -0.15) is 13.2 Å². The largest absolute Gasteiger partial charge is 0.481 e. The van der Waals surface area contributed by atoms with Crippen molar-refractivity contribution in [3.63, 3.8) is 0 Å². The van der Waals surface area contributed by atoms with E-state index < -0.39 is 30.4 Å². The normalized spacial score (nSPS) is 13.1. The molecule has 3 N–H and O–H groups in total. The summed E-state index contributed by atoms with van der Waals surface area (Å²) in [5.41, 5.74) is 4.62. The van der Waals surface area contributed by atoms with Crippen molar-refractivity contribution < 1.29 is 27.5 Å². The van der Waals surface area contributed by atoms with Crippen LogP contribution in [-0.4, -0.2) is 23.8 Å². The van der Waals surface area contributed by atoms with Gasteiger partial charge in [-0.1, -0.05) is 11.6 Å². The van der Waals surface area contributed by atoms with E-state index in [4.69, 9.17) is 16.7 Å². The van der Waals surface area contributed by atoms with E-state index in [-0.39, 0.29) is 10.7 Å². The van der Waals surface area contributed by atoms with Gasteiger partial charge in [0.25, 0.3) is 0 Å². The first-order chi connectivity index (χ1) is 8.71. The number of hydrogen-bond acceptors (Lipinski definition) is 3. The number of anilines is 1. The maximum Gasteiger partial charge on any atom is 0.403 e. The van der Waals surface area contributed by atoms with E-state index in [1.165, 1.54) is 6.07 Å². The maximum atomic E-state index is 12.8. The molecule has 0 aliphatic rings. The molecule has 0 aliphatic carbocycles. The summed E-state index contributed by atoms with van der Waals surface area (Å²) in [6, 6.07) is 3.40. The van der Waals surface area contributed by atoms with Crippen molar-refractivity contribution in [3.8, 4) is 0 Å². The molecule has 0 heterocycles. The Bertz CT molecular complexity index is 467. The van der Waals surface area contributed by atoms with Gasteiger partial charge in [0.1, 0.15) is 5.82 Å². The third-order valence-corrected chi connectivity index (χ3v) is 2.44. The Hall–Kier alpha value is -1.54. The van der Waals surface area contributed by atoms with Gasteiger partial charge in [-0.3, -0.25) is 4.79 Å². The molecule has 0 fully saturated rings. The van der Waals surface area contributed by atoms with Gasteiger partial charge in [-0.05, 0) is 18.2 Å². The minimum absolute atomic E-state index is 0.206. The molecule has 19 heavy (non-hydrogen) atoms. The third kappa shape index (κ3) is 4.56. The fraction of sp³-hybridized carbons (Fsp3) is 0.300. The van der Waals surface area contributed by atoms with Crippen molar-refractivity contribution in [2.24, 2.45) is 5.92 Å². The highest BCUT2D eigenvalue weighted by Crippen LogP contribution is 2.26. The summed E-state index contributed by atoms with van der Waals surface area (Å²) < 4.78 is 49.7.